The molecule has 0 aromatic rings. The van der Waals surface area contributed by atoms with Gasteiger partial charge < -0.3 is 24.8 Å². The van der Waals surface area contributed by atoms with Crippen molar-refractivity contribution in [3.63, 3.8) is 0 Å². The first-order valence-electron chi connectivity index (χ1n) is 8.21. The Morgan fingerprint density at radius 3 is 2.00 bits per heavy atom. The van der Waals surface area contributed by atoms with Crippen molar-refractivity contribution in [3.8, 4) is 0 Å². The van der Waals surface area contributed by atoms with Gasteiger partial charge in [-0.25, -0.2) is 0 Å². The summed E-state index contributed by atoms with van der Waals surface area (Å²) in [6.07, 6.45) is 3.98. The second-order valence-corrected chi connectivity index (χ2v) is 8.04. The Balaban J connectivity index is 1.60. The zero-order valence-corrected chi connectivity index (χ0v) is 12.7. The number of carboxylic acid groups (broad SMARTS) is 1. The number of hydrogen-bond acceptors (Lipinski definition) is 5. The van der Waals surface area contributed by atoms with E-state index in [4.69, 9.17) is 9.47 Å². The summed E-state index contributed by atoms with van der Waals surface area (Å²) in [5.74, 6) is -0.661. The van der Waals surface area contributed by atoms with Crippen molar-refractivity contribution in [1.82, 2.24) is 0 Å². The molecule has 1 aliphatic heterocycles. The Morgan fingerprint density at radius 2 is 1.55 bits per heavy atom. The van der Waals surface area contributed by atoms with Gasteiger partial charge in [0.15, 0.2) is 5.79 Å². The average molecular weight is 312 g/mol. The zero-order chi connectivity index (χ0) is 15.6. The number of ether oxygens (including phenoxy) is 2. The third kappa shape index (κ3) is 1.78. The van der Waals surface area contributed by atoms with Crippen molar-refractivity contribution in [1.29, 1.82) is 0 Å². The molecule has 5 aliphatic rings. The van der Waals surface area contributed by atoms with Crippen LogP contribution in [0.5, 0.6) is 0 Å². The van der Waals surface area contributed by atoms with Crippen molar-refractivity contribution >= 4 is 5.97 Å². The monoisotopic (exact) mass is 312 g/mol. The lowest BCUT2D eigenvalue weighted by Crippen LogP contribution is -2.68. The number of aliphatic carboxylic acids is 1. The average Bonchev–Trinajstić information content (AvgIpc) is 2.52. The second kappa shape index (κ2) is 4.66. The van der Waals surface area contributed by atoms with Crippen LogP contribution in [0.4, 0.5) is 0 Å². The minimum absolute atomic E-state index is 0.116. The molecule has 0 radical (unpaired) electrons. The van der Waals surface area contributed by atoms with E-state index < -0.39 is 22.6 Å². The van der Waals surface area contributed by atoms with Crippen LogP contribution in [0.2, 0.25) is 0 Å². The van der Waals surface area contributed by atoms with Crippen LogP contribution in [-0.4, -0.2) is 53.5 Å². The molecular weight excluding hydrogens is 288 g/mol. The third-order valence-electron chi connectivity index (χ3n) is 6.66. The number of aliphatic hydroxyl groups excluding tert-OH is 2. The molecule has 4 bridgehead atoms. The molecule has 1 spiro atoms. The second-order valence-electron chi connectivity index (χ2n) is 8.04. The minimum Gasteiger partial charge on any atom is -0.481 e. The van der Waals surface area contributed by atoms with E-state index >= 15 is 0 Å². The van der Waals surface area contributed by atoms with E-state index in [2.05, 4.69) is 0 Å². The van der Waals surface area contributed by atoms with Crippen LogP contribution >= 0.6 is 0 Å². The number of hydrogen-bond donors (Lipinski definition) is 3. The molecular formula is C16H24O6. The highest BCUT2D eigenvalue weighted by Crippen LogP contribution is 2.65. The van der Waals surface area contributed by atoms with E-state index in [1.165, 1.54) is 0 Å². The van der Waals surface area contributed by atoms with Crippen LogP contribution in [0.1, 0.15) is 32.1 Å². The molecule has 124 valence electrons. The first kappa shape index (κ1) is 14.9. The van der Waals surface area contributed by atoms with Gasteiger partial charge in [-0.2, -0.15) is 0 Å². The van der Waals surface area contributed by atoms with Crippen molar-refractivity contribution in [3.05, 3.63) is 0 Å². The lowest BCUT2D eigenvalue weighted by Gasteiger charge is -2.64. The molecule has 2 unspecified atom stereocenters. The van der Waals surface area contributed by atoms with Gasteiger partial charge in [0.2, 0.25) is 0 Å². The smallest absolute Gasteiger partial charge is 0.309 e. The molecule has 2 atom stereocenters. The molecule has 6 nitrogen and oxygen atoms in total. The van der Waals surface area contributed by atoms with Crippen LogP contribution in [0.3, 0.4) is 0 Å². The van der Waals surface area contributed by atoms with Crippen LogP contribution in [0, 0.1) is 28.6 Å². The van der Waals surface area contributed by atoms with Crippen molar-refractivity contribution in [2.45, 2.75) is 37.9 Å². The summed E-state index contributed by atoms with van der Waals surface area (Å²) < 4.78 is 12.3. The van der Waals surface area contributed by atoms with E-state index in [9.17, 15) is 20.1 Å². The Kier molecular flexibility index (Phi) is 3.15. The summed E-state index contributed by atoms with van der Waals surface area (Å²) in [7, 11) is 0. The van der Waals surface area contributed by atoms with Gasteiger partial charge in [0.05, 0.1) is 37.3 Å². The van der Waals surface area contributed by atoms with Gasteiger partial charge in [0.1, 0.15) is 0 Å². The quantitative estimate of drug-likeness (QED) is 0.707. The van der Waals surface area contributed by atoms with Gasteiger partial charge >= 0.3 is 5.97 Å². The number of rotatable bonds is 3. The van der Waals surface area contributed by atoms with E-state index in [-0.39, 0.29) is 38.3 Å². The van der Waals surface area contributed by atoms with Crippen molar-refractivity contribution < 1.29 is 29.6 Å². The Labute approximate surface area is 129 Å². The first-order valence-corrected chi connectivity index (χ1v) is 8.21. The highest BCUT2D eigenvalue weighted by atomic mass is 16.7. The van der Waals surface area contributed by atoms with Crippen LogP contribution in [0.25, 0.3) is 0 Å². The fourth-order valence-corrected chi connectivity index (χ4v) is 5.51. The van der Waals surface area contributed by atoms with Crippen LogP contribution < -0.4 is 0 Å². The lowest BCUT2D eigenvalue weighted by atomic mass is 9.47. The van der Waals surface area contributed by atoms with Gasteiger partial charge in [-0.15, -0.1) is 0 Å². The minimum atomic E-state index is -0.732. The predicted octanol–water partition coefficient (Wildman–Crippen LogP) is 0.611. The van der Waals surface area contributed by atoms with Gasteiger partial charge in [-0.05, 0) is 38.0 Å². The summed E-state index contributed by atoms with van der Waals surface area (Å²) in [6, 6.07) is 0. The Bertz CT molecular complexity index is 457. The molecule has 4 saturated carbocycles. The summed E-state index contributed by atoms with van der Waals surface area (Å²) >= 11 is 0. The number of carbonyl (C=O) groups is 1. The fraction of sp³-hybridized carbons (Fsp3) is 0.938. The SMILES string of the molecule is O=C(O)C12CC3CC(C1)C1(OCC(CO)(CO)CO1)C(C3)C2. The zero-order valence-electron chi connectivity index (χ0n) is 12.7. The molecule has 6 heteroatoms. The molecule has 5 fully saturated rings. The molecule has 0 aromatic heterocycles. The Morgan fingerprint density at radius 1 is 1.00 bits per heavy atom. The van der Waals surface area contributed by atoms with Gasteiger partial charge in [0, 0.05) is 11.8 Å². The third-order valence-corrected chi connectivity index (χ3v) is 6.66. The maximum absolute atomic E-state index is 11.8. The summed E-state index contributed by atoms with van der Waals surface area (Å²) in [4.78, 5) is 11.8. The largest absolute Gasteiger partial charge is 0.481 e. The van der Waals surface area contributed by atoms with E-state index in [1.54, 1.807) is 0 Å². The molecule has 3 N–H and O–H groups in total. The summed E-state index contributed by atoms with van der Waals surface area (Å²) in [5, 5.41) is 28.7. The molecule has 1 heterocycles. The Hall–Kier alpha value is -0.690. The molecule has 5 rings (SSSR count). The predicted molar refractivity (Wildman–Crippen MR) is 74.9 cm³/mol. The summed E-state index contributed by atoms with van der Waals surface area (Å²) in [6.45, 7) is 0.211. The van der Waals surface area contributed by atoms with Gasteiger partial charge in [0.25, 0.3) is 0 Å². The van der Waals surface area contributed by atoms with E-state index in [1.807, 2.05) is 0 Å². The summed E-state index contributed by atoms with van der Waals surface area (Å²) in [5.41, 5.74) is -1.32. The van der Waals surface area contributed by atoms with E-state index in [0.717, 1.165) is 19.3 Å². The van der Waals surface area contributed by atoms with Gasteiger partial charge in [-0.3, -0.25) is 4.79 Å². The maximum atomic E-state index is 11.8. The van der Waals surface area contributed by atoms with Crippen molar-refractivity contribution in [2.75, 3.05) is 26.4 Å². The van der Waals surface area contributed by atoms with Crippen molar-refractivity contribution in [2.24, 2.45) is 28.6 Å². The topological polar surface area (TPSA) is 96.2 Å². The maximum Gasteiger partial charge on any atom is 0.309 e. The van der Waals surface area contributed by atoms with Crippen LogP contribution in [-0.2, 0) is 14.3 Å². The number of aliphatic hydroxyl groups is 2. The molecule has 0 amide bonds. The lowest BCUT2D eigenvalue weighted by molar-refractivity contribution is -0.390. The highest BCUT2D eigenvalue weighted by Gasteiger charge is 2.67. The fourth-order valence-electron chi connectivity index (χ4n) is 5.51. The molecule has 4 aliphatic carbocycles. The van der Waals surface area contributed by atoms with E-state index in [0.29, 0.717) is 18.8 Å². The van der Waals surface area contributed by atoms with Gasteiger partial charge in [-0.1, -0.05) is 0 Å². The molecule has 1 saturated heterocycles. The first-order chi connectivity index (χ1) is 10.5. The molecule has 22 heavy (non-hydrogen) atoms. The molecule has 0 aromatic carbocycles. The number of carboxylic acids is 1. The normalized spacial score (nSPS) is 44.4. The van der Waals surface area contributed by atoms with Crippen LogP contribution in [0.15, 0.2) is 0 Å². The highest BCUT2D eigenvalue weighted by molar-refractivity contribution is 5.75. The standard InChI is InChI=1S/C16H24O6/c17-6-14(7-18)8-21-16(22-9-14)11-1-10-2-12(16)5-15(3-10,4-11)13(19)20/h10-12,17-18H,1-9H2,(H,19,20).